The normalized spacial score (nSPS) is 11.4. The largest absolute Gasteiger partial charge is 0.508 e. The average Bonchev–Trinajstić information content (AvgIpc) is 3.45. The second kappa shape index (κ2) is 56.8. The molecule has 0 saturated heterocycles. The van der Waals surface area contributed by atoms with Gasteiger partial charge in [0.05, 0.1) is 39.6 Å². The molecule has 0 spiro atoms. The first-order valence-electron chi connectivity index (χ1n) is 32.7. The monoisotopic (exact) mass is 1130 g/mol. The molecule has 0 fully saturated rings. The summed E-state index contributed by atoms with van der Waals surface area (Å²) in [6.07, 6.45) is 42.1. The van der Waals surface area contributed by atoms with Crippen molar-refractivity contribution in [2.75, 3.05) is 104 Å². The van der Waals surface area contributed by atoms with Crippen molar-refractivity contribution in [2.45, 2.75) is 252 Å². The fraction of sp³-hybridized carbons (Fsp3) is 0.818. The fourth-order valence-electron chi connectivity index (χ4n) is 9.54. The molecule has 1 aromatic carbocycles. The maximum atomic E-state index is 13.0. The molecule has 0 radical (unpaired) electrons. The Balaban J connectivity index is 2.70. The van der Waals surface area contributed by atoms with Gasteiger partial charge in [0.15, 0.2) is 0 Å². The Morgan fingerprint density at radius 2 is 0.637 bits per heavy atom. The van der Waals surface area contributed by atoms with Gasteiger partial charge in [0.1, 0.15) is 0 Å². The Labute approximate surface area is 489 Å². The van der Waals surface area contributed by atoms with Crippen molar-refractivity contribution in [3.8, 4) is 0 Å². The zero-order valence-corrected chi connectivity index (χ0v) is 52.0. The Bertz CT molecular complexity index is 1550. The first-order chi connectivity index (χ1) is 39.2. The van der Waals surface area contributed by atoms with Gasteiger partial charge < -0.3 is 48.4 Å². The summed E-state index contributed by atoms with van der Waals surface area (Å²) in [6, 6.07) is 8.12. The molecule has 0 saturated carbocycles. The summed E-state index contributed by atoms with van der Waals surface area (Å²) in [5.74, 6) is -0.109. The summed E-state index contributed by atoms with van der Waals surface area (Å²) in [5.41, 5.74) is 2.08. The topological polar surface area (TPSA) is 145 Å². The van der Waals surface area contributed by atoms with Crippen LogP contribution in [0, 0.1) is 0 Å². The lowest BCUT2D eigenvalue weighted by molar-refractivity contribution is -0.116. The number of ether oxygens (including phenoxy) is 6. The summed E-state index contributed by atoms with van der Waals surface area (Å²) in [5, 5.41) is 3.11. The van der Waals surface area contributed by atoms with Gasteiger partial charge in [-0.05, 0) is 101 Å². The minimum Gasteiger partial charge on any atom is -0.434 e. The summed E-state index contributed by atoms with van der Waals surface area (Å²) >= 11 is 0. The van der Waals surface area contributed by atoms with E-state index in [1.807, 2.05) is 44.4 Å². The standard InChI is InChI=1S/C66H120N4O10/c1-6-9-12-15-18-21-27-36-55-75-64(72)78-58-39-30-24-33-49-69(50-34-25-31-40-59-79-65(73)76-56-37-28-22-19-16-13-10-7-2)53-54-70(52-48-67-63(71)47-44-61-42-45-62(46-43-61)68(4)5)51-35-26-32-41-60-80-66(74)77-57-38-29-23-20-17-14-11-8-3/h42-47H,6-41,48-60H2,1-5H3,(H,67,71)/b47-44+. The molecule has 0 aliphatic rings. The van der Waals surface area contributed by atoms with Gasteiger partial charge in [-0.1, -0.05) is 206 Å². The molecule has 14 heteroatoms. The molecule has 80 heavy (non-hydrogen) atoms. The number of carbonyl (C=O) groups excluding carboxylic acids is 4. The van der Waals surface area contributed by atoms with E-state index in [-0.39, 0.29) is 5.91 Å². The molecular formula is C66H120N4O10. The van der Waals surface area contributed by atoms with E-state index in [0.717, 1.165) is 166 Å². The van der Waals surface area contributed by atoms with E-state index in [0.29, 0.717) is 46.2 Å². The van der Waals surface area contributed by atoms with Crippen molar-refractivity contribution in [1.29, 1.82) is 0 Å². The predicted molar refractivity (Wildman–Crippen MR) is 331 cm³/mol. The molecular weight excluding hydrogens is 1010 g/mol. The summed E-state index contributed by atoms with van der Waals surface area (Å²) < 4.78 is 32.1. The third kappa shape index (κ3) is 49.7. The molecule has 1 rings (SSSR count). The van der Waals surface area contributed by atoms with Crippen LogP contribution in [-0.2, 0) is 33.2 Å². The molecule has 464 valence electrons. The zero-order valence-electron chi connectivity index (χ0n) is 52.0. The quantitative estimate of drug-likeness (QED) is 0.0286. The Morgan fingerprint density at radius 3 is 0.938 bits per heavy atom. The van der Waals surface area contributed by atoms with Crippen LogP contribution in [0.4, 0.5) is 20.1 Å². The number of hydrogen-bond acceptors (Lipinski definition) is 13. The van der Waals surface area contributed by atoms with E-state index in [9.17, 15) is 19.2 Å². The van der Waals surface area contributed by atoms with Gasteiger partial charge in [-0.3, -0.25) is 4.79 Å². The van der Waals surface area contributed by atoms with E-state index in [1.54, 1.807) is 6.08 Å². The van der Waals surface area contributed by atoms with Crippen LogP contribution in [0.15, 0.2) is 30.3 Å². The van der Waals surface area contributed by atoms with Gasteiger partial charge in [0, 0.05) is 52.0 Å². The van der Waals surface area contributed by atoms with Crippen LogP contribution in [-0.4, -0.2) is 134 Å². The number of hydrogen-bond donors (Lipinski definition) is 1. The lowest BCUT2D eigenvalue weighted by Gasteiger charge is -2.28. The maximum absolute atomic E-state index is 13.0. The predicted octanol–water partition coefficient (Wildman–Crippen LogP) is 17.0. The number of nitrogens with zero attached hydrogens (tertiary/aromatic N) is 3. The molecule has 0 heterocycles. The lowest BCUT2D eigenvalue weighted by Crippen LogP contribution is -2.40. The summed E-state index contributed by atoms with van der Waals surface area (Å²) in [7, 11) is 4.02. The van der Waals surface area contributed by atoms with Crippen molar-refractivity contribution in [3.05, 3.63) is 35.9 Å². The number of carbonyl (C=O) groups is 4. The van der Waals surface area contributed by atoms with Gasteiger partial charge in [0.25, 0.3) is 0 Å². The Hall–Kier alpha value is -4.04. The van der Waals surface area contributed by atoms with Crippen molar-refractivity contribution in [1.82, 2.24) is 15.1 Å². The molecule has 1 aromatic rings. The Morgan fingerprint density at radius 1 is 0.362 bits per heavy atom. The van der Waals surface area contributed by atoms with E-state index in [1.165, 1.54) is 116 Å². The second-order valence-electron chi connectivity index (χ2n) is 22.3. The first-order valence-corrected chi connectivity index (χ1v) is 32.7. The highest BCUT2D eigenvalue weighted by Gasteiger charge is 2.12. The Kier molecular flexibility index (Phi) is 52.5. The van der Waals surface area contributed by atoms with E-state index < -0.39 is 18.5 Å². The highest BCUT2D eigenvalue weighted by atomic mass is 16.7. The van der Waals surface area contributed by atoms with Crippen molar-refractivity contribution >= 4 is 36.1 Å². The molecule has 0 bridgehead atoms. The van der Waals surface area contributed by atoms with Crippen LogP contribution >= 0.6 is 0 Å². The number of nitrogens with one attached hydrogen (secondary N) is 1. The number of anilines is 1. The van der Waals surface area contributed by atoms with Crippen molar-refractivity contribution in [3.63, 3.8) is 0 Å². The smallest absolute Gasteiger partial charge is 0.434 e. The van der Waals surface area contributed by atoms with Crippen LogP contribution in [0.5, 0.6) is 0 Å². The van der Waals surface area contributed by atoms with Crippen LogP contribution in [0.3, 0.4) is 0 Å². The molecule has 0 aliphatic heterocycles. The van der Waals surface area contributed by atoms with Crippen LogP contribution in [0.1, 0.15) is 257 Å². The van der Waals surface area contributed by atoms with Gasteiger partial charge in [-0.25, -0.2) is 14.4 Å². The summed E-state index contributed by atoms with van der Waals surface area (Å²) in [6.45, 7) is 15.0. The number of unbranched alkanes of at least 4 members (excludes halogenated alkanes) is 30. The van der Waals surface area contributed by atoms with Crippen LogP contribution in [0.2, 0.25) is 0 Å². The highest BCUT2D eigenvalue weighted by Crippen LogP contribution is 2.15. The number of rotatable bonds is 57. The molecule has 1 N–H and O–H groups in total. The van der Waals surface area contributed by atoms with Gasteiger partial charge in [0.2, 0.25) is 5.91 Å². The van der Waals surface area contributed by atoms with E-state index >= 15 is 0 Å². The van der Waals surface area contributed by atoms with Gasteiger partial charge in [-0.2, -0.15) is 0 Å². The third-order valence-corrected chi connectivity index (χ3v) is 14.7. The zero-order chi connectivity index (χ0) is 58.0. The van der Waals surface area contributed by atoms with Gasteiger partial charge >= 0.3 is 18.5 Å². The molecule has 14 nitrogen and oxygen atoms in total. The van der Waals surface area contributed by atoms with Crippen LogP contribution < -0.4 is 10.2 Å². The van der Waals surface area contributed by atoms with Gasteiger partial charge in [-0.15, -0.1) is 0 Å². The SMILES string of the molecule is CCCCCCCCCCOC(=O)OCCCCCCN(CCCCCCOC(=O)OCCCCCCCCCC)CCN(CCCCCCOC(=O)OCCCCCCCCCC)CCNC(=O)/C=C/c1ccc(N(C)C)cc1. The second-order valence-corrected chi connectivity index (χ2v) is 22.3. The van der Waals surface area contributed by atoms with Crippen molar-refractivity contribution in [2.24, 2.45) is 0 Å². The minimum atomic E-state index is -0.561. The van der Waals surface area contributed by atoms with E-state index in [2.05, 4.69) is 40.8 Å². The highest BCUT2D eigenvalue weighted by molar-refractivity contribution is 5.91. The van der Waals surface area contributed by atoms with E-state index in [4.69, 9.17) is 28.4 Å². The minimum absolute atomic E-state index is 0.109. The molecule has 1 amide bonds. The fourth-order valence-corrected chi connectivity index (χ4v) is 9.54. The molecule has 0 atom stereocenters. The number of amides is 1. The molecule has 0 aliphatic carbocycles. The lowest BCUT2D eigenvalue weighted by atomic mass is 10.1. The van der Waals surface area contributed by atoms with Crippen molar-refractivity contribution < 1.29 is 47.6 Å². The average molecular weight is 1130 g/mol. The third-order valence-electron chi connectivity index (χ3n) is 14.7. The van der Waals surface area contributed by atoms with Crippen LogP contribution in [0.25, 0.3) is 6.08 Å². The maximum Gasteiger partial charge on any atom is 0.508 e. The summed E-state index contributed by atoms with van der Waals surface area (Å²) in [4.78, 5) is 56.5. The molecule has 0 aromatic heterocycles. The first kappa shape index (κ1) is 74.0. The molecule has 0 unspecified atom stereocenters. The number of benzene rings is 1.